The number of benzene rings is 1. The molecule has 72 valence electrons. The van der Waals surface area contributed by atoms with Crippen molar-refractivity contribution in [3.05, 3.63) is 35.9 Å². The fourth-order valence-corrected chi connectivity index (χ4v) is 1.22. The van der Waals surface area contributed by atoms with Crippen molar-refractivity contribution < 1.29 is 4.79 Å². The molecule has 1 rings (SSSR count). The van der Waals surface area contributed by atoms with Crippen LogP contribution in [0, 0.1) is 11.3 Å². The van der Waals surface area contributed by atoms with E-state index in [0.717, 1.165) is 6.42 Å². The topological polar surface area (TPSA) is 52.9 Å². The molecule has 0 aliphatic heterocycles. The zero-order valence-corrected chi connectivity index (χ0v) is 7.81. The maximum atomic E-state index is 10.1. The number of nitrogens with one attached hydrogen (secondary N) is 1. The monoisotopic (exact) mass is 188 g/mol. The van der Waals surface area contributed by atoms with Gasteiger partial charge in [-0.2, -0.15) is 5.26 Å². The average Bonchev–Trinajstić information content (AvgIpc) is 2.25. The Balaban J connectivity index is 2.40. The Bertz CT molecular complexity index is 316. The lowest BCUT2D eigenvalue weighted by atomic mass is 10.1. The molecule has 3 nitrogen and oxygen atoms in total. The fourth-order valence-electron chi connectivity index (χ4n) is 1.22. The van der Waals surface area contributed by atoms with E-state index < -0.39 is 0 Å². The van der Waals surface area contributed by atoms with Crippen molar-refractivity contribution in [2.24, 2.45) is 0 Å². The maximum absolute atomic E-state index is 10.1. The number of nitriles is 1. The molecule has 0 aromatic heterocycles. The zero-order valence-electron chi connectivity index (χ0n) is 7.81. The van der Waals surface area contributed by atoms with Gasteiger partial charge in [0, 0.05) is 0 Å². The molecule has 0 fully saturated rings. The molecule has 0 saturated carbocycles. The molecule has 1 N–H and O–H groups in total. The van der Waals surface area contributed by atoms with E-state index in [9.17, 15) is 4.79 Å². The lowest BCUT2D eigenvalue weighted by molar-refractivity contribution is -0.109. The first kappa shape index (κ1) is 10.3. The molecule has 0 radical (unpaired) electrons. The van der Waals surface area contributed by atoms with Gasteiger partial charge in [-0.05, 0) is 18.4 Å². The van der Waals surface area contributed by atoms with Gasteiger partial charge in [0.05, 0.1) is 6.07 Å². The third-order valence-corrected chi connectivity index (χ3v) is 1.99. The van der Waals surface area contributed by atoms with E-state index in [1.165, 1.54) is 5.56 Å². The molecule has 3 heteroatoms. The molecule has 0 aliphatic carbocycles. The largest absolute Gasteiger partial charge is 0.343 e. The van der Waals surface area contributed by atoms with Crippen LogP contribution in [0.15, 0.2) is 30.3 Å². The van der Waals surface area contributed by atoms with Crippen LogP contribution < -0.4 is 5.32 Å². The number of amides is 1. The van der Waals surface area contributed by atoms with Gasteiger partial charge in [-0.15, -0.1) is 0 Å². The van der Waals surface area contributed by atoms with Crippen LogP contribution in [-0.2, 0) is 11.2 Å². The summed E-state index contributed by atoms with van der Waals surface area (Å²) in [7, 11) is 0. The highest BCUT2D eigenvalue weighted by atomic mass is 16.1. The molecular weight excluding hydrogens is 176 g/mol. The second-order valence-electron chi connectivity index (χ2n) is 2.99. The van der Waals surface area contributed by atoms with Gasteiger partial charge in [0.25, 0.3) is 0 Å². The van der Waals surface area contributed by atoms with Gasteiger partial charge in [0.2, 0.25) is 6.41 Å². The van der Waals surface area contributed by atoms with E-state index in [0.29, 0.717) is 12.8 Å². The highest BCUT2D eigenvalue weighted by Crippen LogP contribution is 2.04. The van der Waals surface area contributed by atoms with Crippen LogP contribution in [0.3, 0.4) is 0 Å². The maximum Gasteiger partial charge on any atom is 0.208 e. The van der Waals surface area contributed by atoms with Crippen molar-refractivity contribution in [2.75, 3.05) is 0 Å². The molecule has 0 unspecified atom stereocenters. The van der Waals surface area contributed by atoms with Crippen LogP contribution in [0.1, 0.15) is 12.0 Å². The van der Waals surface area contributed by atoms with Gasteiger partial charge in [-0.1, -0.05) is 30.3 Å². The van der Waals surface area contributed by atoms with Crippen molar-refractivity contribution >= 4 is 6.41 Å². The van der Waals surface area contributed by atoms with Crippen molar-refractivity contribution in [2.45, 2.75) is 18.9 Å². The lowest BCUT2D eigenvalue weighted by Gasteiger charge is -2.06. The Morgan fingerprint density at radius 1 is 1.43 bits per heavy atom. The molecule has 1 atom stereocenters. The summed E-state index contributed by atoms with van der Waals surface area (Å²) in [5.41, 5.74) is 1.18. The second kappa shape index (κ2) is 5.76. The summed E-state index contributed by atoms with van der Waals surface area (Å²) in [6, 6.07) is 11.5. The Labute approximate surface area is 83.4 Å². The minimum absolute atomic E-state index is 0.382. The first-order valence-corrected chi connectivity index (χ1v) is 4.50. The summed E-state index contributed by atoms with van der Waals surface area (Å²) in [5, 5.41) is 11.1. The molecule has 0 bridgehead atoms. The number of hydrogen-bond donors (Lipinski definition) is 1. The van der Waals surface area contributed by atoms with Crippen LogP contribution in [0.5, 0.6) is 0 Å². The van der Waals surface area contributed by atoms with Gasteiger partial charge in [-0.3, -0.25) is 4.79 Å². The van der Waals surface area contributed by atoms with Crippen LogP contribution in [0.2, 0.25) is 0 Å². The first-order valence-electron chi connectivity index (χ1n) is 4.50. The number of carbonyl (C=O) groups excluding carboxylic acids is 1. The SMILES string of the molecule is N#C[C@H](CCc1ccccc1)NC=O. The standard InChI is InChI=1S/C11H12N2O/c12-8-11(13-9-14)7-6-10-4-2-1-3-5-10/h1-5,9,11H,6-7H2,(H,13,14)/t11-/m0/s1. The summed E-state index contributed by atoms with van der Waals surface area (Å²) < 4.78 is 0. The van der Waals surface area contributed by atoms with E-state index >= 15 is 0 Å². The van der Waals surface area contributed by atoms with E-state index in [-0.39, 0.29) is 6.04 Å². The van der Waals surface area contributed by atoms with Crippen LogP contribution >= 0.6 is 0 Å². The fraction of sp³-hybridized carbons (Fsp3) is 0.273. The smallest absolute Gasteiger partial charge is 0.208 e. The summed E-state index contributed by atoms with van der Waals surface area (Å²) in [6.07, 6.45) is 2.03. The summed E-state index contributed by atoms with van der Waals surface area (Å²) in [6.45, 7) is 0. The third kappa shape index (κ3) is 3.28. The van der Waals surface area contributed by atoms with Crippen LogP contribution in [-0.4, -0.2) is 12.5 Å². The predicted octanol–water partition coefficient (Wildman–Crippen LogP) is 1.26. The zero-order chi connectivity index (χ0) is 10.2. The summed E-state index contributed by atoms with van der Waals surface area (Å²) in [4.78, 5) is 10.1. The lowest BCUT2D eigenvalue weighted by Crippen LogP contribution is -2.26. The molecule has 1 amide bonds. The Kier molecular flexibility index (Phi) is 4.22. The molecule has 0 spiro atoms. The molecule has 14 heavy (non-hydrogen) atoms. The molecular formula is C11H12N2O. The van der Waals surface area contributed by atoms with Gasteiger partial charge in [0.15, 0.2) is 0 Å². The predicted molar refractivity (Wildman–Crippen MR) is 53.4 cm³/mol. The molecule has 0 saturated heterocycles. The van der Waals surface area contributed by atoms with E-state index in [2.05, 4.69) is 5.32 Å². The molecule has 1 aromatic rings. The Morgan fingerprint density at radius 2 is 2.14 bits per heavy atom. The highest BCUT2D eigenvalue weighted by Gasteiger charge is 2.04. The summed E-state index contributed by atoms with van der Waals surface area (Å²) in [5.74, 6) is 0. The van der Waals surface area contributed by atoms with Gasteiger partial charge in [0.1, 0.15) is 6.04 Å². The van der Waals surface area contributed by atoms with Crippen LogP contribution in [0.25, 0.3) is 0 Å². The number of carbonyl (C=O) groups is 1. The van der Waals surface area contributed by atoms with E-state index in [1.54, 1.807) is 0 Å². The van der Waals surface area contributed by atoms with Crippen molar-refractivity contribution in [1.82, 2.24) is 5.32 Å². The minimum Gasteiger partial charge on any atom is -0.343 e. The average molecular weight is 188 g/mol. The number of rotatable bonds is 5. The van der Waals surface area contributed by atoms with E-state index in [4.69, 9.17) is 5.26 Å². The molecule has 0 aliphatic rings. The second-order valence-corrected chi connectivity index (χ2v) is 2.99. The van der Waals surface area contributed by atoms with Crippen LogP contribution in [0.4, 0.5) is 0 Å². The van der Waals surface area contributed by atoms with Crippen molar-refractivity contribution in [3.63, 3.8) is 0 Å². The van der Waals surface area contributed by atoms with Crippen molar-refractivity contribution in [3.8, 4) is 6.07 Å². The molecule has 1 aromatic carbocycles. The van der Waals surface area contributed by atoms with Gasteiger partial charge in [-0.25, -0.2) is 0 Å². The Hall–Kier alpha value is -1.82. The number of nitrogens with zero attached hydrogens (tertiary/aromatic N) is 1. The van der Waals surface area contributed by atoms with E-state index in [1.807, 2.05) is 36.4 Å². The third-order valence-electron chi connectivity index (χ3n) is 1.99. The summed E-state index contributed by atoms with van der Waals surface area (Å²) >= 11 is 0. The number of hydrogen-bond acceptors (Lipinski definition) is 2. The molecule has 0 heterocycles. The van der Waals surface area contributed by atoms with Crippen molar-refractivity contribution in [1.29, 1.82) is 5.26 Å². The highest BCUT2D eigenvalue weighted by molar-refractivity contribution is 5.47. The van der Waals surface area contributed by atoms with Gasteiger partial charge >= 0.3 is 0 Å². The normalized spacial score (nSPS) is 11.4. The Morgan fingerprint density at radius 3 is 2.71 bits per heavy atom. The minimum atomic E-state index is -0.382. The quantitative estimate of drug-likeness (QED) is 0.707. The number of aryl methyl sites for hydroxylation is 1. The van der Waals surface area contributed by atoms with Gasteiger partial charge < -0.3 is 5.32 Å². The first-order chi connectivity index (χ1) is 6.86.